The fourth-order valence-corrected chi connectivity index (χ4v) is 4.35. The first kappa shape index (κ1) is 28.0. The van der Waals surface area contributed by atoms with Gasteiger partial charge in [-0.2, -0.15) is 14.0 Å². The van der Waals surface area contributed by atoms with Crippen molar-refractivity contribution in [2.24, 2.45) is 0 Å². The third kappa shape index (κ3) is 7.64. The van der Waals surface area contributed by atoms with E-state index < -0.39 is 45.4 Å². The van der Waals surface area contributed by atoms with Crippen molar-refractivity contribution in [1.29, 1.82) is 5.26 Å². The lowest BCUT2D eigenvalue weighted by atomic mass is 9.99. The van der Waals surface area contributed by atoms with Gasteiger partial charge in [0.05, 0.1) is 17.0 Å². The maximum absolute atomic E-state index is 13.1. The van der Waals surface area contributed by atoms with Gasteiger partial charge in [-0.05, 0) is 39.0 Å². The summed E-state index contributed by atoms with van der Waals surface area (Å²) in [7, 11) is 0. The first-order valence-corrected chi connectivity index (χ1v) is 12.0. The van der Waals surface area contributed by atoms with Crippen LogP contribution in [0.2, 0.25) is 5.15 Å². The number of nitrogens with zero attached hydrogens (tertiary/aromatic N) is 3. The summed E-state index contributed by atoms with van der Waals surface area (Å²) in [6.45, 7) is 1.98. The van der Waals surface area contributed by atoms with Crippen molar-refractivity contribution in [3.8, 4) is 11.8 Å². The van der Waals surface area contributed by atoms with Crippen LogP contribution in [0.3, 0.4) is 0 Å². The van der Waals surface area contributed by atoms with E-state index in [9.17, 15) is 28.7 Å². The van der Waals surface area contributed by atoms with Crippen LogP contribution in [0, 0.1) is 21.4 Å². The number of rotatable bonds is 10. The Morgan fingerprint density at radius 1 is 1.35 bits per heavy atom. The van der Waals surface area contributed by atoms with E-state index in [1.165, 1.54) is 18.2 Å². The normalized spacial score (nSPS) is 14.2. The highest BCUT2D eigenvalue weighted by atomic mass is 79.9. The minimum Gasteiger partial charge on any atom is -0.598 e. The number of benzene rings is 1. The van der Waals surface area contributed by atoms with Crippen molar-refractivity contribution < 1.29 is 23.0 Å². The Morgan fingerprint density at radius 3 is 2.59 bits per heavy atom. The average Bonchev–Trinajstić information content (AvgIpc) is 2.71. The Labute approximate surface area is 211 Å². The Hall–Kier alpha value is -2.24. The van der Waals surface area contributed by atoms with Crippen LogP contribution in [0.25, 0.3) is 0 Å². The second-order valence-electron chi connectivity index (χ2n) is 7.90. The van der Waals surface area contributed by atoms with Gasteiger partial charge in [-0.15, -0.1) is 4.72 Å². The zero-order chi connectivity index (χ0) is 25.6. The highest BCUT2D eigenvalue weighted by Gasteiger charge is 2.33. The summed E-state index contributed by atoms with van der Waals surface area (Å²) >= 11 is 7.59. The zero-order valence-corrected chi connectivity index (χ0v) is 21.4. The van der Waals surface area contributed by atoms with Gasteiger partial charge in [0.25, 0.3) is 0 Å². The molecule has 0 aliphatic carbocycles. The number of anilines is 1. The molecule has 1 unspecified atom stereocenters. The predicted octanol–water partition coefficient (Wildman–Crippen LogP) is 5.49. The molecular formula is C20H21BrClF2N5O4S. The summed E-state index contributed by atoms with van der Waals surface area (Å²) in [6.07, 6.45) is -0.147. The summed E-state index contributed by atoms with van der Waals surface area (Å²) < 4.78 is 45.7. The lowest BCUT2D eigenvalue weighted by Crippen LogP contribution is -2.45. The lowest BCUT2D eigenvalue weighted by Gasteiger charge is -2.28. The maximum Gasteiger partial charge on any atom is 0.387 e. The highest BCUT2D eigenvalue weighted by molar-refractivity contribution is 9.10. The molecule has 3 atom stereocenters. The molecule has 2 aromatic rings. The molecular weight excluding hydrogens is 560 g/mol. The third-order valence-corrected chi connectivity index (χ3v) is 6.87. The van der Waals surface area contributed by atoms with Crippen LogP contribution in [0.5, 0.6) is 5.75 Å². The Bertz CT molecular complexity index is 1070. The summed E-state index contributed by atoms with van der Waals surface area (Å²) in [6, 6.07) is 6.62. The summed E-state index contributed by atoms with van der Waals surface area (Å²) in [5, 5.41) is 24.0. The monoisotopic (exact) mass is 579 g/mol. The van der Waals surface area contributed by atoms with Gasteiger partial charge in [0.2, 0.25) is 5.82 Å². The maximum atomic E-state index is 13.1. The van der Waals surface area contributed by atoms with E-state index >= 15 is 0 Å². The molecule has 9 nitrogen and oxygen atoms in total. The number of hydrogen-bond acceptors (Lipinski definition) is 8. The van der Waals surface area contributed by atoms with Crippen molar-refractivity contribution in [3.63, 3.8) is 0 Å². The number of pyridine rings is 1. The number of aromatic nitrogens is 1. The summed E-state index contributed by atoms with van der Waals surface area (Å²) in [4.78, 5) is 14.8. The average molecular weight is 581 g/mol. The Kier molecular flexibility index (Phi) is 9.84. The van der Waals surface area contributed by atoms with Crippen molar-refractivity contribution in [2.45, 2.75) is 50.6 Å². The van der Waals surface area contributed by atoms with Crippen LogP contribution in [0.1, 0.15) is 38.8 Å². The number of nitrogens with one attached hydrogen (secondary N) is 2. The van der Waals surface area contributed by atoms with Gasteiger partial charge in [-0.25, -0.2) is 4.98 Å². The van der Waals surface area contributed by atoms with Crippen LogP contribution < -0.4 is 14.8 Å². The molecule has 34 heavy (non-hydrogen) atoms. The molecule has 0 aliphatic heterocycles. The summed E-state index contributed by atoms with van der Waals surface area (Å²) in [5.41, 5.74) is -0.264. The minimum absolute atomic E-state index is 0.0492. The molecule has 0 saturated heterocycles. The first-order chi connectivity index (χ1) is 15.8. The molecule has 1 aromatic carbocycles. The van der Waals surface area contributed by atoms with Gasteiger partial charge in [0.15, 0.2) is 0 Å². The van der Waals surface area contributed by atoms with E-state index in [0.717, 1.165) is 6.07 Å². The van der Waals surface area contributed by atoms with Crippen molar-refractivity contribution in [1.82, 2.24) is 9.71 Å². The van der Waals surface area contributed by atoms with E-state index in [4.69, 9.17) is 11.6 Å². The number of alkyl halides is 2. The first-order valence-electron chi connectivity index (χ1n) is 9.71. The lowest BCUT2D eigenvalue weighted by molar-refractivity contribution is -0.384. The van der Waals surface area contributed by atoms with Gasteiger partial charge in [0.1, 0.15) is 21.7 Å². The molecule has 1 aromatic heterocycles. The second-order valence-corrected chi connectivity index (χ2v) is 11.1. The smallest absolute Gasteiger partial charge is 0.387 e. The van der Waals surface area contributed by atoms with E-state index in [1.54, 1.807) is 26.8 Å². The van der Waals surface area contributed by atoms with E-state index in [-0.39, 0.29) is 28.7 Å². The topological polar surface area (TPSA) is 136 Å². The molecule has 0 radical (unpaired) electrons. The van der Waals surface area contributed by atoms with Gasteiger partial charge in [-0.3, -0.25) is 10.1 Å². The fourth-order valence-electron chi connectivity index (χ4n) is 2.82. The third-order valence-electron chi connectivity index (χ3n) is 4.36. The SMILES string of the molecule is CC(C)(C)[S@@+]([O-])NC(C#N)C[C@@H](Nc1nc(Cl)ccc1[N+](=O)[O-])c1c(Br)cccc1OC(F)F. The Balaban J connectivity index is 2.57. The van der Waals surface area contributed by atoms with Gasteiger partial charge >= 0.3 is 12.3 Å². The van der Waals surface area contributed by atoms with E-state index in [0.29, 0.717) is 4.47 Å². The molecule has 0 fully saturated rings. The number of nitriles is 1. The van der Waals surface area contributed by atoms with E-state index in [2.05, 4.69) is 35.7 Å². The van der Waals surface area contributed by atoms with Crippen LogP contribution in [0.15, 0.2) is 34.8 Å². The molecule has 0 aliphatic rings. The summed E-state index contributed by atoms with van der Waals surface area (Å²) in [5.74, 6) is -0.463. The largest absolute Gasteiger partial charge is 0.598 e. The van der Waals surface area contributed by atoms with E-state index in [1.807, 2.05) is 6.07 Å². The molecule has 0 spiro atoms. The van der Waals surface area contributed by atoms with Gasteiger partial charge < -0.3 is 14.6 Å². The minimum atomic E-state index is -3.15. The Morgan fingerprint density at radius 2 is 2.03 bits per heavy atom. The number of halogens is 4. The number of hydrogen-bond donors (Lipinski definition) is 2. The zero-order valence-electron chi connectivity index (χ0n) is 18.2. The van der Waals surface area contributed by atoms with Gasteiger partial charge in [-0.1, -0.05) is 33.6 Å². The molecule has 0 amide bonds. The fraction of sp³-hybridized carbons (Fsp3) is 0.400. The molecule has 2 N–H and O–H groups in total. The molecule has 184 valence electrons. The second kappa shape index (κ2) is 11.9. The van der Waals surface area contributed by atoms with Crippen LogP contribution >= 0.6 is 27.5 Å². The number of nitro groups is 1. The molecule has 2 rings (SSSR count). The number of ether oxygens (including phenoxy) is 1. The van der Waals surface area contributed by atoms with Crippen molar-refractivity contribution in [3.05, 3.63) is 55.6 Å². The molecule has 0 saturated carbocycles. The molecule has 0 bridgehead atoms. The van der Waals surface area contributed by atoms with Crippen molar-refractivity contribution in [2.75, 3.05) is 5.32 Å². The predicted molar refractivity (Wildman–Crippen MR) is 128 cm³/mol. The highest BCUT2D eigenvalue weighted by Crippen LogP contribution is 2.39. The van der Waals surface area contributed by atoms with Crippen molar-refractivity contribution >= 4 is 50.4 Å². The van der Waals surface area contributed by atoms with Crippen LogP contribution in [0.4, 0.5) is 20.3 Å². The van der Waals surface area contributed by atoms with Crippen LogP contribution in [-0.4, -0.2) is 31.9 Å². The molecule has 14 heteroatoms. The van der Waals surface area contributed by atoms with Gasteiger partial charge in [0, 0.05) is 33.9 Å². The standard InChI is InChI=1S/C20H21BrClF2N5O4S/c1-20(2,3)34(32)28-11(10-25)9-13(17-12(21)5-4-6-15(17)33-19(23)24)26-18-14(29(30)31)7-8-16(22)27-18/h4-8,11,13,19,28H,9H2,1-3H3,(H,26,27)/t11?,13-,34-/m1/s1. The quantitative estimate of drug-likeness (QED) is 0.163. The molecule has 1 heterocycles. The van der Waals surface area contributed by atoms with Crippen LogP contribution in [-0.2, 0) is 11.4 Å².